The van der Waals surface area contributed by atoms with Crippen LogP contribution in [0.15, 0.2) is 0 Å². The molecule has 0 aliphatic heterocycles. The molecular weight excluding hydrogens is 328 g/mol. The summed E-state index contributed by atoms with van der Waals surface area (Å²) in [6.45, 7) is 14.3. The summed E-state index contributed by atoms with van der Waals surface area (Å²) < 4.78 is 6.33. The van der Waals surface area contributed by atoms with E-state index in [4.69, 9.17) is 4.74 Å². The van der Waals surface area contributed by atoms with Crippen LogP contribution in [0.4, 0.5) is 0 Å². The Bertz CT molecular complexity index is 402. The third-order valence-corrected chi connectivity index (χ3v) is 5.83. The monoisotopic (exact) mass is 370 g/mol. The molecule has 0 aromatic rings. The molecule has 26 heavy (non-hydrogen) atoms. The van der Waals surface area contributed by atoms with Gasteiger partial charge in [-0.25, -0.2) is 0 Å². The standard InChI is InChI=1S/C21H42N2O3/c1-7-13-18(24)23-16-14-21(10-4,11-5)26-17-15-20(8-2,9-3)19(25)22-12-6/h7-17H2,1-6H3,(H,22,25)(H,23,24). The van der Waals surface area contributed by atoms with Gasteiger partial charge in [-0.15, -0.1) is 0 Å². The first-order valence-corrected chi connectivity index (χ1v) is 10.6. The Morgan fingerprint density at radius 2 is 1.46 bits per heavy atom. The van der Waals surface area contributed by atoms with Crippen LogP contribution in [0.1, 0.15) is 92.9 Å². The molecule has 0 aliphatic rings. The average molecular weight is 371 g/mol. The Labute approximate surface area is 161 Å². The summed E-state index contributed by atoms with van der Waals surface area (Å²) in [5, 5.41) is 5.97. The van der Waals surface area contributed by atoms with Crippen molar-refractivity contribution in [2.24, 2.45) is 5.41 Å². The summed E-state index contributed by atoms with van der Waals surface area (Å²) in [6, 6.07) is 0. The van der Waals surface area contributed by atoms with Crippen molar-refractivity contribution in [2.45, 2.75) is 98.5 Å². The van der Waals surface area contributed by atoms with E-state index in [1.807, 2.05) is 13.8 Å². The molecule has 154 valence electrons. The third-order valence-electron chi connectivity index (χ3n) is 5.83. The summed E-state index contributed by atoms with van der Waals surface area (Å²) in [5.41, 5.74) is -0.577. The summed E-state index contributed by atoms with van der Waals surface area (Å²) in [5.74, 6) is 0.250. The van der Waals surface area contributed by atoms with Gasteiger partial charge < -0.3 is 15.4 Å². The maximum atomic E-state index is 12.5. The molecule has 0 heterocycles. The molecule has 0 fully saturated rings. The van der Waals surface area contributed by atoms with Crippen LogP contribution in [0.25, 0.3) is 0 Å². The molecule has 0 saturated heterocycles. The lowest BCUT2D eigenvalue weighted by Gasteiger charge is -2.35. The summed E-state index contributed by atoms with van der Waals surface area (Å²) in [4.78, 5) is 24.2. The molecule has 5 nitrogen and oxygen atoms in total. The SMILES string of the molecule is CCCC(=O)NCCC(CC)(CC)OCCC(CC)(CC)C(=O)NCC. The lowest BCUT2D eigenvalue weighted by molar-refractivity contribution is -0.135. The minimum atomic E-state index is -0.349. The van der Waals surface area contributed by atoms with Crippen molar-refractivity contribution in [1.29, 1.82) is 0 Å². The van der Waals surface area contributed by atoms with Gasteiger partial charge in [-0.05, 0) is 51.9 Å². The first-order valence-electron chi connectivity index (χ1n) is 10.6. The molecule has 0 rings (SSSR count). The highest BCUT2D eigenvalue weighted by atomic mass is 16.5. The molecule has 0 radical (unpaired) electrons. The van der Waals surface area contributed by atoms with Gasteiger partial charge in [0.2, 0.25) is 11.8 Å². The van der Waals surface area contributed by atoms with Crippen LogP contribution in [-0.2, 0) is 14.3 Å². The number of rotatable bonds is 15. The molecular formula is C21H42N2O3. The van der Waals surface area contributed by atoms with E-state index in [0.717, 1.165) is 44.9 Å². The molecule has 0 saturated carbocycles. The molecule has 0 atom stereocenters. The topological polar surface area (TPSA) is 67.4 Å². The Morgan fingerprint density at radius 1 is 0.846 bits per heavy atom. The number of carbonyl (C=O) groups is 2. The summed E-state index contributed by atoms with van der Waals surface area (Å²) in [6.07, 6.45) is 6.42. The van der Waals surface area contributed by atoms with E-state index in [1.165, 1.54) is 0 Å². The Morgan fingerprint density at radius 3 is 1.92 bits per heavy atom. The fourth-order valence-electron chi connectivity index (χ4n) is 3.47. The highest BCUT2D eigenvalue weighted by molar-refractivity contribution is 5.82. The number of hydrogen-bond donors (Lipinski definition) is 2. The molecule has 0 spiro atoms. The molecule has 0 bridgehead atoms. The smallest absolute Gasteiger partial charge is 0.226 e. The van der Waals surface area contributed by atoms with Crippen LogP contribution in [0.5, 0.6) is 0 Å². The lowest BCUT2D eigenvalue weighted by Crippen LogP contribution is -2.42. The molecule has 0 aromatic carbocycles. The van der Waals surface area contributed by atoms with Crippen molar-refractivity contribution in [1.82, 2.24) is 10.6 Å². The Balaban J connectivity index is 4.74. The Kier molecular flexibility index (Phi) is 12.6. The van der Waals surface area contributed by atoms with E-state index >= 15 is 0 Å². The van der Waals surface area contributed by atoms with Crippen LogP contribution in [0, 0.1) is 5.41 Å². The second-order valence-corrected chi connectivity index (χ2v) is 7.19. The minimum absolute atomic E-state index is 0.112. The van der Waals surface area contributed by atoms with E-state index in [-0.39, 0.29) is 22.8 Å². The highest BCUT2D eigenvalue weighted by Gasteiger charge is 2.35. The maximum absolute atomic E-state index is 12.5. The van der Waals surface area contributed by atoms with E-state index in [2.05, 4.69) is 38.3 Å². The quantitative estimate of drug-likeness (QED) is 0.454. The van der Waals surface area contributed by atoms with Crippen LogP contribution in [0.3, 0.4) is 0 Å². The maximum Gasteiger partial charge on any atom is 0.226 e. The van der Waals surface area contributed by atoms with Crippen LogP contribution >= 0.6 is 0 Å². The Hall–Kier alpha value is -1.10. The van der Waals surface area contributed by atoms with Crippen LogP contribution in [0.2, 0.25) is 0 Å². The number of amides is 2. The highest BCUT2D eigenvalue weighted by Crippen LogP contribution is 2.33. The molecule has 2 amide bonds. The van der Waals surface area contributed by atoms with Crippen molar-refractivity contribution in [3.63, 3.8) is 0 Å². The van der Waals surface area contributed by atoms with E-state index in [1.54, 1.807) is 0 Å². The predicted octanol–water partition coefficient (Wildman–Crippen LogP) is 4.20. The van der Waals surface area contributed by atoms with Crippen molar-refractivity contribution in [3.05, 3.63) is 0 Å². The second-order valence-electron chi connectivity index (χ2n) is 7.19. The fraction of sp³-hybridized carbons (Fsp3) is 0.905. The fourth-order valence-corrected chi connectivity index (χ4v) is 3.47. The third kappa shape index (κ3) is 7.65. The van der Waals surface area contributed by atoms with Crippen molar-refractivity contribution >= 4 is 11.8 Å². The van der Waals surface area contributed by atoms with Gasteiger partial charge in [0, 0.05) is 26.1 Å². The number of ether oxygens (including phenoxy) is 1. The summed E-state index contributed by atoms with van der Waals surface area (Å²) >= 11 is 0. The van der Waals surface area contributed by atoms with Gasteiger partial charge in [-0.2, -0.15) is 0 Å². The average Bonchev–Trinajstić information content (AvgIpc) is 2.64. The first-order chi connectivity index (χ1) is 12.4. The van der Waals surface area contributed by atoms with E-state index < -0.39 is 0 Å². The normalized spacial score (nSPS) is 12.1. The summed E-state index contributed by atoms with van der Waals surface area (Å²) in [7, 11) is 0. The zero-order chi connectivity index (χ0) is 20.1. The van der Waals surface area contributed by atoms with Crippen molar-refractivity contribution in [3.8, 4) is 0 Å². The molecule has 0 unspecified atom stereocenters. The molecule has 0 aliphatic carbocycles. The van der Waals surface area contributed by atoms with Crippen LogP contribution < -0.4 is 10.6 Å². The lowest BCUT2D eigenvalue weighted by atomic mass is 9.78. The van der Waals surface area contributed by atoms with Gasteiger partial charge in [0.25, 0.3) is 0 Å². The molecule has 5 heteroatoms. The van der Waals surface area contributed by atoms with Gasteiger partial charge >= 0.3 is 0 Å². The zero-order valence-electron chi connectivity index (χ0n) is 18.0. The molecule has 0 aromatic heterocycles. The predicted molar refractivity (Wildman–Crippen MR) is 108 cm³/mol. The van der Waals surface area contributed by atoms with Gasteiger partial charge in [-0.1, -0.05) is 34.6 Å². The van der Waals surface area contributed by atoms with Crippen LogP contribution in [-0.4, -0.2) is 37.1 Å². The van der Waals surface area contributed by atoms with E-state index in [9.17, 15) is 9.59 Å². The minimum Gasteiger partial charge on any atom is -0.375 e. The van der Waals surface area contributed by atoms with Gasteiger partial charge in [0.15, 0.2) is 0 Å². The van der Waals surface area contributed by atoms with Gasteiger partial charge in [0.1, 0.15) is 0 Å². The van der Waals surface area contributed by atoms with Crippen molar-refractivity contribution in [2.75, 3.05) is 19.7 Å². The van der Waals surface area contributed by atoms with Gasteiger partial charge in [0.05, 0.1) is 11.0 Å². The first kappa shape index (κ1) is 24.9. The molecule has 2 N–H and O–H groups in total. The largest absolute Gasteiger partial charge is 0.375 e. The number of nitrogens with one attached hydrogen (secondary N) is 2. The van der Waals surface area contributed by atoms with Crippen molar-refractivity contribution < 1.29 is 14.3 Å². The van der Waals surface area contributed by atoms with Gasteiger partial charge in [-0.3, -0.25) is 9.59 Å². The number of carbonyl (C=O) groups excluding carboxylic acids is 2. The second kappa shape index (κ2) is 13.1. The zero-order valence-corrected chi connectivity index (χ0v) is 18.0. The van der Waals surface area contributed by atoms with E-state index in [0.29, 0.717) is 26.1 Å². The number of hydrogen-bond acceptors (Lipinski definition) is 3.